The topological polar surface area (TPSA) is 46.5 Å². The molecule has 0 spiro atoms. The predicted molar refractivity (Wildman–Crippen MR) is 69.3 cm³/mol. The van der Waals surface area contributed by atoms with E-state index in [1.54, 1.807) is 19.1 Å². The lowest BCUT2D eigenvalue weighted by atomic mass is 10.1. The molecule has 0 aliphatic rings. The fourth-order valence-corrected chi connectivity index (χ4v) is 1.65. The molecule has 0 amide bonds. The average Bonchev–Trinajstić information content (AvgIpc) is 2.36. The Labute approximate surface area is 110 Å². The summed E-state index contributed by atoms with van der Waals surface area (Å²) in [4.78, 5) is 10.9. The van der Waals surface area contributed by atoms with Crippen LogP contribution < -0.4 is 4.74 Å². The summed E-state index contributed by atoms with van der Waals surface area (Å²) in [5.41, 5.74) is 1.44. The third kappa shape index (κ3) is 2.91. The molecule has 4 heteroatoms. The van der Waals surface area contributed by atoms with Gasteiger partial charge in [0.1, 0.15) is 17.3 Å². The molecule has 0 fully saturated rings. The number of carbonyl (C=O) groups is 1. The second-order valence-electron chi connectivity index (χ2n) is 4.30. The fraction of sp³-hybridized carbons (Fsp3) is 0.133. The molecule has 0 unspecified atom stereocenters. The molecule has 2 rings (SSSR count). The summed E-state index contributed by atoms with van der Waals surface area (Å²) < 4.78 is 18.8. The Morgan fingerprint density at radius 3 is 2.47 bits per heavy atom. The molecular formula is C15H13FO3. The highest BCUT2D eigenvalue weighted by Gasteiger charge is 2.08. The SMILES string of the molecule is Cc1cc(Oc2cc(C(=O)O)ccc2C)ccc1F. The highest BCUT2D eigenvalue weighted by atomic mass is 19.1. The molecule has 0 saturated carbocycles. The number of carboxylic acids is 1. The van der Waals surface area contributed by atoms with Crippen molar-refractivity contribution in [3.05, 3.63) is 58.9 Å². The Hall–Kier alpha value is -2.36. The van der Waals surface area contributed by atoms with E-state index in [2.05, 4.69) is 0 Å². The van der Waals surface area contributed by atoms with E-state index in [0.717, 1.165) is 5.56 Å². The van der Waals surface area contributed by atoms with Crippen molar-refractivity contribution in [2.75, 3.05) is 0 Å². The van der Waals surface area contributed by atoms with Crippen molar-refractivity contribution in [2.45, 2.75) is 13.8 Å². The van der Waals surface area contributed by atoms with Gasteiger partial charge in [-0.2, -0.15) is 0 Å². The molecule has 3 nitrogen and oxygen atoms in total. The van der Waals surface area contributed by atoms with E-state index in [9.17, 15) is 9.18 Å². The van der Waals surface area contributed by atoms with Gasteiger partial charge >= 0.3 is 5.97 Å². The first-order valence-corrected chi connectivity index (χ1v) is 5.75. The molecule has 0 atom stereocenters. The number of aromatic carboxylic acids is 1. The zero-order valence-electron chi connectivity index (χ0n) is 10.6. The number of benzene rings is 2. The lowest BCUT2D eigenvalue weighted by Crippen LogP contribution is -1.98. The maximum absolute atomic E-state index is 13.2. The monoisotopic (exact) mass is 260 g/mol. The second-order valence-corrected chi connectivity index (χ2v) is 4.30. The van der Waals surface area contributed by atoms with Crippen molar-refractivity contribution in [3.63, 3.8) is 0 Å². The first kappa shape index (κ1) is 13.1. The van der Waals surface area contributed by atoms with Crippen molar-refractivity contribution in [1.82, 2.24) is 0 Å². The Morgan fingerprint density at radius 2 is 1.84 bits per heavy atom. The molecule has 0 heterocycles. The first-order valence-electron chi connectivity index (χ1n) is 5.75. The van der Waals surface area contributed by atoms with Gasteiger partial charge in [-0.05, 0) is 55.3 Å². The van der Waals surface area contributed by atoms with Crippen LogP contribution in [0, 0.1) is 19.7 Å². The van der Waals surface area contributed by atoms with E-state index >= 15 is 0 Å². The van der Waals surface area contributed by atoms with Gasteiger partial charge in [0.25, 0.3) is 0 Å². The second kappa shape index (κ2) is 5.10. The van der Waals surface area contributed by atoms with Crippen LogP contribution >= 0.6 is 0 Å². The normalized spacial score (nSPS) is 10.3. The Morgan fingerprint density at radius 1 is 1.11 bits per heavy atom. The summed E-state index contributed by atoms with van der Waals surface area (Å²) in [7, 11) is 0. The van der Waals surface area contributed by atoms with Crippen LogP contribution in [0.15, 0.2) is 36.4 Å². The minimum absolute atomic E-state index is 0.152. The summed E-state index contributed by atoms with van der Waals surface area (Å²) in [6.45, 7) is 3.46. The van der Waals surface area contributed by atoms with Crippen LogP contribution in [0.3, 0.4) is 0 Å². The van der Waals surface area contributed by atoms with Crippen molar-refractivity contribution >= 4 is 5.97 Å². The van der Waals surface area contributed by atoms with Gasteiger partial charge in [0.15, 0.2) is 0 Å². The van der Waals surface area contributed by atoms with E-state index in [-0.39, 0.29) is 11.4 Å². The number of hydrogen-bond acceptors (Lipinski definition) is 2. The summed E-state index contributed by atoms with van der Waals surface area (Å²) in [6.07, 6.45) is 0. The summed E-state index contributed by atoms with van der Waals surface area (Å²) in [6, 6.07) is 9.05. The number of carboxylic acid groups (broad SMARTS) is 1. The van der Waals surface area contributed by atoms with Crippen LogP contribution in [0.2, 0.25) is 0 Å². The molecule has 0 saturated heterocycles. The number of hydrogen-bond donors (Lipinski definition) is 1. The number of rotatable bonds is 3. The summed E-state index contributed by atoms with van der Waals surface area (Å²) >= 11 is 0. The Balaban J connectivity index is 2.34. The van der Waals surface area contributed by atoms with Crippen LogP contribution in [0.1, 0.15) is 21.5 Å². The highest BCUT2D eigenvalue weighted by molar-refractivity contribution is 5.88. The maximum Gasteiger partial charge on any atom is 0.335 e. The molecule has 0 aromatic heterocycles. The van der Waals surface area contributed by atoms with Crippen LogP contribution in [0.4, 0.5) is 4.39 Å². The third-order valence-corrected chi connectivity index (χ3v) is 2.79. The molecule has 0 bridgehead atoms. The predicted octanol–water partition coefficient (Wildman–Crippen LogP) is 3.93. The van der Waals surface area contributed by atoms with E-state index < -0.39 is 5.97 Å². The van der Waals surface area contributed by atoms with Crippen LogP contribution in [-0.4, -0.2) is 11.1 Å². The molecule has 98 valence electrons. The lowest BCUT2D eigenvalue weighted by molar-refractivity contribution is 0.0696. The van der Waals surface area contributed by atoms with Gasteiger partial charge < -0.3 is 9.84 Å². The minimum atomic E-state index is -1.01. The molecule has 1 N–H and O–H groups in total. The molecule has 2 aromatic rings. The summed E-state index contributed by atoms with van der Waals surface area (Å²) in [5, 5.41) is 8.94. The zero-order chi connectivity index (χ0) is 14.0. The van der Waals surface area contributed by atoms with Crippen LogP contribution in [0.5, 0.6) is 11.5 Å². The van der Waals surface area contributed by atoms with Crippen LogP contribution in [0.25, 0.3) is 0 Å². The first-order chi connectivity index (χ1) is 8.97. The van der Waals surface area contributed by atoms with Gasteiger partial charge in [-0.3, -0.25) is 0 Å². The maximum atomic E-state index is 13.2. The van der Waals surface area contributed by atoms with E-state index in [4.69, 9.17) is 9.84 Å². The van der Waals surface area contributed by atoms with Crippen molar-refractivity contribution in [3.8, 4) is 11.5 Å². The lowest BCUT2D eigenvalue weighted by Gasteiger charge is -2.10. The molecule has 0 aliphatic heterocycles. The highest BCUT2D eigenvalue weighted by Crippen LogP contribution is 2.27. The van der Waals surface area contributed by atoms with E-state index in [1.165, 1.54) is 24.3 Å². The van der Waals surface area contributed by atoms with Crippen molar-refractivity contribution < 1.29 is 19.0 Å². The van der Waals surface area contributed by atoms with Gasteiger partial charge in [0, 0.05) is 0 Å². The Kier molecular flexibility index (Phi) is 3.51. The number of halogens is 1. The molecule has 19 heavy (non-hydrogen) atoms. The van der Waals surface area contributed by atoms with Gasteiger partial charge in [-0.25, -0.2) is 9.18 Å². The van der Waals surface area contributed by atoms with Crippen LogP contribution in [-0.2, 0) is 0 Å². The van der Waals surface area contributed by atoms with Crippen molar-refractivity contribution in [2.24, 2.45) is 0 Å². The largest absolute Gasteiger partial charge is 0.478 e. The van der Waals surface area contributed by atoms with E-state index in [0.29, 0.717) is 17.1 Å². The van der Waals surface area contributed by atoms with Gasteiger partial charge in [-0.1, -0.05) is 6.07 Å². The van der Waals surface area contributed by atoms with Gasteiger partial charge in [0.2, 0.25) is 0 Å². The fourth-order valence-electron chi connectivity index (χ4n) is 1.65. The molecular weight excluding hydrogens is 247 g/mol. The third-order valence-electron chi connectivity index (χ3n) is 2.79. The summed E-state index contributed by atoms with van der Waals surface area (Å²) in [5.74, 6) is -0.390. The average molecular weight is 260 g/mol. The molecule has 0 aliphatic carbocycles. The number of aryl methyl sites for hydroxylation is 2. The minimum Gasteiger partial charge on any atom is -0.478 e. The standard InChI is InChI=1S/C15H13FO3/c1-9-3-4-11(15(17)18)8-14(9)19-12-5-6-13(16)10(2)7-12/h3-8H,1-2H3,(H,17,18). The van der Waals surface area contributed by atoms with Gasteiger partial charge in [0.05, 0.1) is 5.56 Å². The Bertz CT molecular complexity index is 635. The van der Waals surface area contributed by atoms with Gasteiger partial charge in [-0.15, -0.1) is 0 Å². The zero-order valence-corrected chi connectivity index (χ0v) is 10.6. The quantitative estimate of drug-likeness (QED) is 0.909. The van der Waals surface area contributed by atoms with Crippen molar-refractivity contribution in [1.29, 1.82) is 0 Å². The molecule has 0 radical (unpaired) electrons. The van der Waals surface area contributed by atoms with E-state index in [1.807, 2.05) is 6.92 Å². The molecule has 2 aromatic carbocycles. The number of ether oxygens (including phenoxy) is 1. The smallest absolute Gasteiger partial charge is 0.335 e.